The quantitative estimate of drug-likeness (QED) is 0.687. The molecule has 1 heterocycles. The lowest BCUT2D eigenvalue weighted by Gasteiger charge is -2.19. The van der Waals surface area contributed by atoms with Crippen molar-refractivity contribution >= 4 is 6.08 Å². The molecule has 13 heavy (non-hydrogen) atoms. The molecule has 0 aromatic heterocycles. The summed E-state index contributed by atoms with van der Waals surface area (Å²) >= 11 is 0. The number of hydrogen-bond donors (Lipinski definition) is 1. The van der Waals surface area contributed by atoms with Crippen LogP contribution < -0.4 is 5.32 Å². The molecule has 0 radical (unpaired) electrons. The second-order valence-corrected chi connectivity index (χ2v) is 3.71. The van der Waals surface area contributed by atoms with Gasteiger partial charge in [-0.15, -0.1) is 0 Å². The molecule has 1 aliphatic rings. The summed E-state index contributed by atoms with van der Waals surface area (Å²) in [5.74, 6) is 0. The highest BCUT2D eigenvalue weighted by Crippen LogP contribution is 2.18. The summed E-state index contributed by atoms with van der Waals surface area (Å²) in [5, 5.41) is 3.25. The molecule has 0 saturated carbocycles. The van der Waals surface area contributed by atoms with E-state index in [-0.39, 0.29) is 0 Å². The predicted octanol–water partition coefficient (Wildman–Crippen LogP) is 2.29. The lowest BCUT2D eigenvalue weighted by atomic mass is 9.99. The van der Waals surface area contributed by atoms with Gasteiger partial charge < -0.3 is 5.32 Å². The minimum Gasteiger partial charge on any atom is -0.309 e. The van der Waals surface area contributed by atoms with E-state index in [1.165, 1.54) is 22.3 Å². The molecule has 0 unspecified atom stereocenters. The maximum atomic E-state index is 3.25. The van der Waals surface area contributed by atoms with Crippen LogP contribution in [-0.4, -0.2) is 13.1 Å². The Bertz CT molecular complexity index is 324. The molecule has 1 aliphatic heterocycles. The van der Waals surface area contributed by atoms with Gasteiger partial charge in [-0.3, -0.25) is 0 Å². The molecule has 68 valence electrons. The first kappa shape index (κ1) is 8.52. The fourth-order valence-corrected chi connectivity index (χ4v) is 1.63. The molecular weight excluding hydrogens is 158 g/mol. The van der Waals surface area contributed by atoms with E-state index in [0.717, 1.165) is 13.1 Å². The van der Waals surface area contributed by atoms with Gasteiger partial charge in [0, 0.05) is 13.1 Å². The van der Waals surface area contributed by atoms with Crippen molar-refractivity contribution in [3.63, 3.8) is 0 Å². The molecular formula is C12H15N. The van der Waals surface area contributed by atoms with E-state index < -0.39 is 0 Å². The van der Waals surface area contributed by atoms with Gasteiger partial charge >= 0.3 is 0 Å². The zero-order valence-corrected chi connectivity index (χ0v) is 8.22. The van der Waals surface area contributed by atoms with Crippen molar-refractivity contribution in [2.75, 3.05) is 13.1 Å². The molecule has 1 nitrogen and oxygen atoms in total. The van der Waals surface area contributed by atoms with E-state index in [1.807, 2.05) is 0 Å². The molecule has 0 spiro atoms. The Hall–Kier alpha value is -1.08. The first-order chi connectivity index (χ1) is 6.27. The van der Waals surface area contributed by atoms with Crippen LogP contribution in [0.4, 0.5) is 0 Å². The summed E-state index contributed by atoms with van der Waals surface area (Å²) in [4.78, 5) is 0. The summed E-state index contributed by atoms with van der Waals surface area (Å²) in [7, 11) is 0. The Morgan fingerprint density at radius 2 is 1.77 bits per heavy atom. The van der Waals surface area contributed by atoms with Crippen LogP contribution in [0.2, 0.25) is 0 Å². The minimum atomic E-state index is 1.06. The fraction of sp³-hybridized carbons (Fsp3) is 0.333. The Labute approximate surface area is 79.5 Å². The highest BCUT2D eigenvalue weighted by molar-refractivity contribution is 5.61. The molecule has 2 rings (SSSR count). The number of benzene rings is 1. The van der Waals surface area contributed by atoms with Crippen LogP contribution in [-0.2, 0) is 0 Å². The SMILES string of the molecule is Cc1cccc(C)c1C=C1CNC1. The molecule has 0 aliphatic carbocycles. The van der Waals surface area contributed by atoms with Gasteiger partial charge in [-0.25, -0.2) is 0 Å². The van der Waals surface area contributed by atoms with Crippen LogP contribution in [0, 0.1) is 13.8 Å². The molecule has 1 fully saturated rings. The minimum absolute atomic E-state index is 1.06. The van der Waals surface area contributed by atoms with Crippen LogP contribution >= 0.6 is 0 Å². The second-order valence-electron chi connectivity index (χ2n) is 3.71. The second kappa shape index (κ2) is 3.35. The Kier molecular flexibility index (Phi) is 2.19. The van der Waals surface area contributed by atoms with Crippen LogP contribution in [0.1, 0.15) is 16.7 Å². The fourth-order valence-electron chi connectivity index (χ4n) is 1.63. The van der Waals surface area contributed by atoms with Gasteiger partial charge in [0.2, 0.25) is 0 Å². The Balaban J connectivity index is 2.38. The van der Waals surface area contributed by atoms with Crippen molar-refractivity contribution in [1.82, 2.24) is 5.32 Å². The molecule has 0 bridgehead atoms. The standard InChI is InChI=1S/C12H15N/c1-9-4-3-5-10(2)12(9)6-11-7-13-8-11/h3-6,13H,7-8H2,1-2H3. The highest BCUT2D eigenvalue weighted by atomic mass is 14.9. The van der Waals surface area contributed by atoms with Crippen LogP contribution in [0.3, 0.4) is 0 Å². The summed E-state index contributed by atoms with van der Waals surface area (Å²) in [5.41, 5.74) is 5.66. The Morgan fingerprint density at radius 3 is 2.23 bits per heavy atom. The third kappa shape index (κ3) is 1.65. The average molecular weight is 173 g/mol. The molecule has 1 aromatic carbocycles. The zero-order chi connectivity index (χ0) is 9.26. The highest BCUT2D eigenvalue weighted by Gasteiger charge is 2.08. The van der Waals surface area contributed by atoms with Gasteiger partial charge in [0.25, 0.3) is 0 Å². The summed E-state index contributed by atoms with van der Waals surface area (Å²) in [6.07, 6.45) is 2.32. The molecule has 1 aromatic rings. The Morgan fingerprint density at radius 1 is 1.15 bits per heavy atom. The number of aryl methyl sites for hydroxylation is 2. The zero-order valence-electron chi connectivity index (χ0n) is 8.22. The monoisotopic (exact) mass is 173 g/mol. The van der Waals surface area contributed by atoms with E-state index in [9.17, 15) is 0 Å². The summed E-state index contributed by atoms with van der Waals surface area (Å²) < 4.78 is 0. The van der Waals surface area contributed by atoms with Crippen LogP contribution in [0.5, 0.6) is 0 Å². The van der Waals surface area contributed by atoms with Crippen molar-refractivity contribution in [3.05, 3.63) is 40.5 Å². The smallest absolute Gasteiger partial charge is 0.0183 e. The molecule has 1 N–H and O–H groups in total. The van der Waals surface area contributed by atoms with Gasteiger partial charge in [-0.2, -0.15) is 0 Å². The largest absolute Gasteiger partial charge is 0.309 e. The number of rotatable bonds is 1. The first-order valence-corrected chi connectivity index (χ1v) is 4.74. The lowest BCUT2D eigenvalue weighted by Crippen LogP contribution is -2.33. The predicted molar refractivity (Wildman–Crippen MR) is 56.8 cm³/mol. The van der Waals surface area contributed by atoms with E-state index in [0.29, 0.717) is 0 Å². The average Bonchev–Trinajstić information content (AvgIpc) is 2.00. The molecule has 1 heteroatoms. The van der Waals surface area contributed by atoms with E-state index >= 15 is 0 Å². The van der Waals surface area contributed by atoms with Gasteiger partial charge in [0.1, 0.15) is 0 Å². The maximum absolute atomic E-state index is 3.25. The van der Waals surface area contributed by atoms with Gasteiger partial charge in [-0.05, 0) is 36.1 Å². The topological polar surface area (TPSA) is 12.0 Å². The molecule has 1 saturated heterocycles. The first-order valence-electron chi connectivity index (χ1n) is 4.74. The number of hydrogen-bond acceptors (Lipinski definition) is 1. The summed E-state index contributed by atoms with van der Waals surface area (Å²) in [6.45, 7) is 6.47. The summed E-state index contributed by atoms with van der Waals surface area (Å²) in [6, 6.07) is 6.46. The van der Waals surface area contributed by atoms with Crippen molar-refractivity contribution < 1.29 is 0 Å². The molecule has 0 atom stereocenters. The van der Waals surface area contributed by atoms with Crippen molar-refractivity contribution in [3.8, 4) is 0 Å². The van der Waals surface area contributed by atoms with Crippen LogP contribution in [0.15, 0.2) is 23.8 Å². The van der Waals surface area contributed by atoms with Crippen molar-refractivity contribution in [2.24, 2.45) is 0 Å². The lowest BCUT2D eigenvalue weighted by molar-refractivity contribution is 0.674. The van der Waals surface area contributed by atoms with Gasteiger partial charge in [0.05, 0.1) is 0 Å². The number of nitrogens with one attached hydrogen (secondary N) is 1. The van der Waals surface area contributed by atoms with Crippen molar-refractivity contribution in [2.45, 2.75) is 13.8 Å². The van der Waals surface area contributed by atoms with Crippen LogP contribution in [0.25, 0.3) is 6.08 Å². The van der Waals surface area contributed by atoms with Gasteiger partial charge in [-0.1, -0.05) is 24.3 Å². The third-order valence-corrected chi connectivity index (χ3v) is 2.59. The normalized spacial score (nSPS) is 15.4. The van der Waals surface area contributed by atoms with E-state index in [1.54, 1.807) is 0 Å². The van der Waals surface area contributed by atoms with E-state index in [2.05, 4.69) is 43.4 Å². The van der Waals surface area contributed by atoms with Gasteiger partial charge in [0.15, 0.2) is 0 Å². The van der Waals surface area contributed by atoms with E-state index in [4.69, 9.17) is 0 Å². The van der Waals surface area contributed by atoms with Crippen molar-refractivity contribution in [1.29, 1.82) is 0 Å². The maximum Gasteiger partial charge on any atom is 0.0183 e. The molecule has 0 amide bonds. The third-order valence-electron chi connectivity index (χ3n) is 2.59.